The lowest BCUT2D eigenvalue weighted by molar-refractivity contribution is 0.153. The maximum Gasteiger partial charge on any atom is 0.255 e. The summed E-state index contributed by atoms with van der Waals surface area (Å²) in [6.07, 6.45) is 7.51. The van der Waals surface area contributed by atoms with E-state index in [0.717, 1.165) is 29.3 Å². The summed E-state index contributed by atoms with van der Waals surface area (Å²) in [7, 11) is 0. The van der Waals surface area contributed by atoms with E-state index < -0.39 is 0 Å². The highest BCUT2D eigenvalue weighted by Gasteiger charge is 2.44. The van der Waals surface area contributed by atoms with Crippen molar-refractivity contribution in [1.82, 2.24) is 9.97 Å². The second-order valence-corrected chi connectivity index (χ2v) is 7.58. The molecule has 1 aromatic heterocycles. The van der Waals surface area contributed by atoms with Gasteiger partial charge in [-0.25, -0.2) is 4.98 Å². The Labute approximate surface area is 124 Å². The van der Waals surface area contributed by atoms with Gasteiger partial charge < -0.3 is 4.98 Å². The van der Waals surface area contributed by atoms with E-state index in [1.165, 1.54) is 23.8 Å². The lowest BCUT2D eigenvalue weighted by Gasteiger charge is -2.45. The molecule has 0 saturated carbocycles. The molecule has 3 rings (SSSR count). The number of aromatic amines is 1. The van der Waals surface area contributed by atoms with Crippen LogP contribution < -0.4 is 5.56 Å². The minimum atomic E-state index is 0.0656. The van der Waals surface area contributed by atoms with E-state index in [1.807, 2.05) is 6.26 Å². The van der Waals surface area contributed by atoms with Crippen molar-refractivity contribution in [3.8, 4) is 0 Å². The SMILES string of the molecule is CSc1nc2c(c(=O)[nH]1)[C@@H]1C=C(C)CC[C@@H]1C(C)(C)C2. The molecule has 0 aliphatic heterocycles. The number of nitrogens with zero attached hydrogens (tertiary/aromatic N) is 1. The Kier molecular flexibility index (Phi) is 3.32. The van der Waals surface area contributed by atoms with Gasteiger partial charge in [0.15, 0.2) is 5.16 Å². The van der Waals surface area contributed by atoms with Crippen LogP contribution in [0.1, 0.15) is 50.8 Å². The molecule has 1 N–H and O–H groups in total. The average molecular weight is 290 g/mol. The van der Waals surface area contributed by atoms with Gasteiger partial charge in [-0.1, -0.05) is 37.3 Å². The molecule has 1 aromatic rings. The van der Waals surface area contributed by atoms with Crippen LogP contribution in [0.15, 0.2) is 21.6 Å². The summed E-state index contributed by atoms with van der Waals surface area (Å²) in [4.78, 5) is 20.1. The van der Waals surface area contributed by atoms with Crippen molar-refractivity contribution in [1.29, 1.82) is 0 Å². The molecule has 0 bridgehead atoms. The summed E-state index contributed by atoms with van der Waals surface area (Å²) in [6, 6.07) is 0. The summed E-state index contributed by atoms with van der Waals surface area (Å²) < 4.78 is 0. The fourth-order valence-corrected chi connectivity index (χ4v) is 4.27. The fourth-order valence-electron chi connectivity index (χ4n) is 3.87. The maximum atomic E-state index is 12.5. The lowest BCUT2D eigenvalue weighted by Crippen LogP contribution is -2.41. The zero-order valence-corrected chi connectivity index (χ0v) is 13.4. The third-order valence-electron chi connectivity index (χ3n) is 4.91. The summed E-state index contributed by atoms with van der Waals surface area (Å²) in [5.74, 6) is 0.802. The molecule has 4 heteroatoms. The van der Waals surface area contributed by atoms with Gasteiger partial charge in [0.25, 0.3) is 5.56 Å². The van der Waals surface area contributed by atoms with Crippen LogP contribution in [0.2, 0.25) is 0 Å². The third kappa shape index (κ3) is 2.14. The quantitative estimate of drug-likeness (QED) is 0.489. The molecule has 3 nitrogen and oxygen atoms in total. The number of hydrogen-bond acceptors (Lipinski definition) is 3. The van der Waals surface area contributed by atoms with E-state index in [4.69, 9.17) is 0 Å². The molecule has 2 atom stereocenters. The molecule has 0 unspecified atom stereocenters. The molecule has 0 fully saturated rings. The summed E-state index contributed by atoms with van der Waals surface area (Å²) >= 11 is 1.50. The first kappa shape index (κ1) is 13.9. The monoisotopic (exact) mass is 290 g/mol. The number of allylic oxidation sites excluding steroid dienone is 2. The molecule has 0 radical (unpaired) electrons. The molecule has 1 heterocycles. The van der Waals surface area contributed by atoms with Gasteiger partial charge in [-0.3, -0.25) is 4.79 Å². The highest BCUT2D eigenvalue weighted by Crippen LogP contribution is 2.50. The molecule has 2 aliphatic carbocycles. The third-order valence-corrected chi connectivity index (χ3v) is 5.49. The van der Waals surface area contributed by atoms with Gasteiger partial charge in [-0.05, 0) is 43.8 Å². The summed E-state index contributed by atoms with van der Waals surface area (Å²) in [5, 5.41) is 0.736. The van der Waals surface area contributed by atoms with Crippen LogP contribution in [0.4, 0.5) is 0 Å². The van der Waals surface area contributed by atoms with Crippen molar-refractivity contribution >= 4 is 11.8 Å². The first-order valence-corrected chi connectivity index (χ1v) is 8.49. The van der Waals surface area contributed by atoms with Crippen molar-refractivity contribution in [2.75, 3.05) is 6.26 Å². The standard InChI is InChI=1S/C16H22N2OS/c1-9-5-6-11-10(7-9)13-12(8-16(11,2)3)17-15(20-4)18-14(13)19/h7,10-11H,5-6,8H2,1-4H3,(H,17,18,19)/t10-,11+/m1/s1. The van der Waals surface area contributed by atoms with Gasteiger partial charge in [0.1, 0.15) is 0 Å². The van der Waals surface area contributed by atoms with Crippen LogP contribution in [0.25, 0.3) is 0 Å². The van der Waals surface area contributed by atoms with E-state index in [-0.39, 0.29) is 16.9 Å². The number of aromatic nitrogens is 2. The largest absolute Gasteiger partial charge is 0.301 e. The van der Waals surface area contributed by atoms with Gasteiger partial charge >= 0.3 is 0 Å². The van der Waals surface area contributed by atoms with Crippen LogP contribution in [0.5, 0.6) is 0 Å². The summed E-state index contributed by atoms with van der Waals surface area (Å²) in [6.45, 7) is 6.82. The van der Waals surface area contributed by atoms with E-state index in [2.05, 4.69) is 36.8 Å². The van der Waals surface area contributed by atoms with E-state index in [1.54, 1.807) is 0 Å². The Bertz CT molecular complexity index is 630. The number of H-pyrrole nitrogens is 1. The smallest absolute Gasteiger partial charge is 0.255 e. The van der Waals surface area contributed by atoms with Gasteiger partial charge in [0.2, 0.25) is 0 Å². The lowest BCUT2D eigenvalue weighted by atomic mass is 9.59. The summed E-state index contributed by atoms with van der Waals surface area (Å²) in [5.41, 5.74) is 3.62. The number of hydrogen-bond donors (Lipinski definition) is 1. The molecule has 20 heavy (non-hydrogen) atoms. The van der Waals surface area contributed by atoms with Gasteiger partial charge in [0.05, 0.1) is 5.69 Å². The first-order valence-electron chi connectivity index (χ1n) is 7.27. The number of nitrogens with one attached hydrogen (secondary N) is 1. The molecule has 2 aliphatic rings. The number of thioether (sulfide) groups is 1. The van der Waals surface area contributed by atoms with Gasteiger partial charge in [-0.2, -0.15) is 0 Å². The fraction of sp³-hybridized carbons (Fsp3) is 0.625. The highest BCUT2D eigenvalue weighted by atomic mass is 32.2. The Morgan fingerprint density at radius 2 is 2.20 bits per heavy atom. The number of fused-ring (bicyclic) bond motifs is 3. The predicted molar refractivity (Wildman–Crippen MR) is 83.3 cm³/mol. The Hall–Kier alpha value is -1.03. The minimum Gasteiger partial charge on any atom is -0.301 e. The zero-order chi connectivity index (χ0) is 14.5. The van der Waals surface area contributed by atoms with Crippen LogP contribution >= 0.6 is 11.8 Å². The average Bonchev–Trinajstić information content (AvgIpc) is 2.36. The Morgan fingerprint density at radius 1 is 1.45 bits per heavy atom. The van der Waals surface area contributed by atoms with E-state index in [0.29, 0.717) is 5.92 Å². The minimum absolute atomic E-state index is 0.0656. The van der Waals surface area contributed by atoms with Crippen molar-refractivity contribution in [2.24, 2.45) is 11.3 Å². The Morgan fingerprint density at radius 3 is 2.90 bits per heavy atom. The van der Waals surface area contributed by atoms with Crippen LogP contribution in [-0.4, -0.2) is 16.2 Å². The topological polar surface area (TPSA) is 45.8 Å². The van der Waals surface area contributed by atoms with Gasteiger partial charge in [0, 0.05) is 11.5 Å². The highest BCUT2D eigenvalue weighted by molar-refractivity contribution is 7.98. The molecule has 0 aromatic carbocycles. The van der Waals surface area contributed by atoms with Crippen molar-refractivity contribution in [3.05, 3.63) is 33.3 Å². The normalized spacial score (nSPS) is 27.5. The Balaban J connectivity index is 2.21. The molecule has 0 saturated heterocycles. The first-order chi connectivity index (χ1) is 9.42. The molecule has 0 spiro atoms. The van der Waals surface area contributed by atoms with Crippen molar-refractivity contribution in [2.45, 2.75) is 51.1 Å². The van der Waals surface area contributed by atoms with Crippen molar-refractivity contribution in [3.63, 3.8) is 0 Å². The van der Waals surface area contributed by atoms with Gasteiger partial charge in [-0.15, -0.1) is 0 Å². The molecular weight excluding hydrogens is 268 g/mol. The van der Waals surface area contributed by atoms with Crippen LogP contribution in [-0.2, 0) is 6.42 Å². The van der Waals surface area contributed by atoms with E-state index >= 15 is 0 Å². The number of rotatable bonds is 1. The second kappa shape index (κ2) is 4.76. The zero-order valence-electron chi connectivity index (χ0n) is 12.6. The second-order valence-electron chi connectivity index (χ2n) is 6.78. The van der Waals surface area contributed by atoms with E-state index in [9.17, 15) is 4.79 Å². The van der Waals surface area contributed by atoms with Crippen molar-refractivity contribution < 1.29 is 0 Å². The molecule has 108 valence electrons. The maximum absolute atomic E-state index is 12.5. The van der Waals surface area contributed by atoms with Crippen LogP contribution in [0, 0.1) is 11.3 Å². The predicted octanol–water partition coefficient (Wildman–Crippen LogP) is 3.51. The molecule has 0 amide bonds. The molecular formula is C16H22N2OS. The van der Waals surface area contributed by atoms with Crippen LogP contribution in [0.3, 0.4) is 0 Å².